The molecule has 3 amide bonds. The summed E-state index contributed by atoms with van der Waals surface area (Å²) in [4.78, 5) is 27.4. The molecule has 1 N–H and O–H groups in total. The highest BCUT2D eigenvalue weighted by Crippen LogP contribution is 2.19. The second-order valence-corrected chi connectivity index (χ2v) is 6.20. The van der Waals surface area contributed by atoms with E-state index in [1.165, 1.54) is 11.0 Å². The van der Waals surface area contributed by atoms with E-state index in [1.54, 1.807) is 29.2 Å². The molecule has 0 saturated carbocycles. The van der Waals surface area contributed by atoms with Gasteiger partial charge in [-0.15, -0.1) is 0 Å². The van der Waals surface area contributed by atoms with Gasteiger partial charge in [0.1, 0.15) is 11.6 Å². The van der Waals surface area contributed by atoms with Gasteiger partial charge in [0.25, 0.3) is 5.91 Å². The highest BCUT2D eigenvalue weighted by Gasteiger charge is 2.19. The predicted molar refractivity (Wildman–Crippen MR) is 92.2 cm³/mol. The van der Waals surface area contributed by atoms with Crippen molar-refractivity contribution in [3.63, 3.8) is 0 Å². The van der Waals surface area contributed by atoms with E-state index in [0.717, 1.165) is 25.9 Å². The first-order chi connectivity index (χ1) is 12.1. The van der Waals surface area contributed by atoms with Crippen molar-refractivity contribution in [2.45, 2.75) is 19.3 Å². The number of benzene rings is 1. The lowest BCUT2D eigenvalue weighted by Gasteiger charge is -2.24. The Hall–Kier alpha value is -2.57. The van der Waals surface area contributed by atoms with Gasteiger partial charge in [0, 0.05) is 31.4 Å². The number of amides is 3. The number of nitrogens with one attached hydrogen (secondary N) is 1. The van der Waals surface area contributed by atoms with Crippen molar-refractivity contribution in [2.24, 2.45) is 0 Å². The van der Waals surface area contributed by atoms with Crippen LogP contribution in [-0.2, 0) is 4.79 Å². The first-order valence-corrected chi connectivity index (χ1v) is 8.53. The minimum Gasteiger partial charge on any atom is -0.484 e. The van der Waals surface area contributed by atoms with E-state index in [0.29, 0.717) is 24.4 Å². The van der Waals surface area contributed by atoms with E-state index in [-0.39, 0.29) is 30.9 Å². The second-order valence-electron chi connectivity index (χ2n) is 6.20. The molecule has 0 unspecified atom stereocenters. The quantitative estimate of drug-likeness (QED) is 0.911. The molecule has 2 aliphatic rings. The Morgan fingerprint density at radius 3 is 2.72 bits per heavy atom. The van der Waals surface area contributed by atoms with Crippen LogP contribution >= 0.6 is 0 Å². The van der Waals surface area contributed by atoms with E-state index in [9.17, 15) is 14.0 Å². The molecule has 1 aromatic carbocycles. The molecule has 2 heterocycles. The molecular weight excluding hydrogens is 325 g/mol. The highest BCUT2D eigenvalue weighted by molar-refractivity contribution is 5.89. The van der Waals surface area contributed by atoms with E-state index < -0.39 is 0 Å². The van der Waals surface area contributed by atoms with Gasteiger partial charge in [0.2, 0.25) is 0 Å². The number of carbonyl (C=O) groups excluding carboxylic acids is 2. The van der Waals surface area contributed by atoms with Crippen molar-refractivity contribution in [2.75, 3.05) is 38.1 Å². The van der Waals surface area contributed by atoms with E-state index in [4.69, 9.17) is 4.74 Å². The fourth-order valence-corrected chi connectivity index (χ4v) is 2.95. The number of ether oxygens (including phenoxy) is 1. The maximum absolute atomic E-state index is 13.3. The predicted octanol–water partition coefficient (Wildman–Crippen LogP) is 2.78. The molecule has 3 rings (SSSR count). The molecule has 0 radical (unpaired) electrons. The maximum atomic E-state index is 13.3. The van der Waals surface area contributed by atoms with Crippen LogP contribution in [0.4, 0.5) is 14.9 Å². The van der Waals surface area contributed by atoms with Crippen molar-refractivity contribution in [3.05, 3.63) is 36.2 Å². The summed E-state index contributed by atoms with van der Waals surface area (Å²) in [6.45, 7) is 2.05. The third kappa shape index (κ3) is 4.71. The lowest BCUT2D eigenvalue weighted by molar-refractivity contribution is -0.132. The van der Waals surface area contributed by atoms with Crippen molar-refractivity contribution < 1.29 is 18.7 Å². The largest absolute Gasteiger partial charge is 0.484 e. The van der Waals surface area contributed by atoms with Crippen molar-refractivity contribution in [1.82, 2.24) is 9.80 Å². The Morgan fingerprint density at radius 2 is 1.96 bits per heavy atom. The molecule has 1 saturated heterocycles. The molecule has 0 spiro atoms. The topological polar surface area (TPSA) is 61.9 Å². The van der Waals surface area contributed by atoms with Crippen LogP contribution in [-0.4, -0.2) is 54.5 Å². The molecule has 1 fully saturated rings. The van der Waals surface area contributed by atoms with Crippen LogP contribution in [0.1, 0.15) is 19.3 Å². The Labute approximate surface area is 146 Å². The monoisotopic (exact) mass is 347 g/mol. The number of halogens is 1. The first kappa shape index (κ1) is 17.3. The smallest absolute Gasteiger partial charge is 0.322 e. The Kier molecular flexibility index (Phi) is 5.53. The Bertz CT molecular complexity index is 671. The van der Waals surface area contributed by atoms with Gasteiger partial charge >= 0.3 is 6.03 Å². The van der Waals surface area contributed by atoms with Gasteiger partial charge in [0.15, 0.2) is 6.61 Å². The molecule has 0 aliphatic carbocycles. The number of carbonyl (C=O) groups is 2. The molecule has 2 aliphatic heterocycles. The zero-order chi connectivity index (χ0) is 17.6. The summed E-state index contributed by atoms with van der Waals surface area (Å²) >= 11 is 0. The molecular formula is C18H22FN3O3. The number of anilines is 1. The summed E-state index contributed by atoms with van der Waals surface area (Å²) in [7, 11) is 0. The van der Waals surface area contributed by atoms with Crippen LogP contribution in [0.15, 0.2) is 36.2 Å². The number of likely N-dealkylation sites (tertiary alicyclic amines) is 1. The molecule has 6 nitrogen and oxygen atoms in total. The van der Waals surface area contributed by atoms with Gasteiger partial charge < -0.3 is 19.9 Å². The van der Waals surface area contributed by atoms with E-state index in [1.807, 2.05) is 0 Å². The minimum atomic E-state index is -0.353. The number of nitrogens with zero attached hydrogens (tertiary/aromatic N) is 2. The van der Waals surface area contributed by atoms with Gasteiger partial charge in [-0.3, -0.25) is 4.79 Å². The molecule has 0 atom stereocenters. The van der Waals surface area contributed by atoms with E-state index >= 15 is 0 Å². The molecule has 134 valence electrons. The van der Waals surface area contributed by atoms with Crippen LogP contribution in [0.5, 0.6) is 5.75 Å². The molecule has 0 aromatic heterocycles. The summed E-state index contributed by atoms with van der Waals surface area (Å²) in [5.41, 5.74) is 0.547. The van der Waals surface area contributed by atoms with Crippen molar-refractivity contribution in [3.8, 4) is 5.75 Å². The average Bonchev–Trinajstić information content (AvgIpc) is 3.15. The third-order valence-corrected chi connectivity index (χ3v) is 4.30. The van der Waals surface area contributed by atoms with Gasteiger partial charge in [-0.25, -0.2) is 9.18 Å². The second kappa shape index (κ2) is 8.00. The lowest BCUT2D eigenvalue weighted by atomic mass is 10.2. The number of hydrogen-bond acceptors (Lipinski definition) is 3. The Morgan fingerprint density at radius 1 is 1.16 bits per heavy atom. The lowest BCUT2D eigenvalue weighted by Crippen LogP contribution is -2.38. The van der Waals surface area contributed by atoms with E-state index in [2.05, 4.69) is 5.32 Å². The minimum absolute atomic E-state index is 0.00758. The molecule has 7 heteroatoms. The van der Waals surface area contributed by atoms with Crippen LogP contribution in [0.2, 0.25) is 0 Å². The molecule has 25 heavy (non-hydrogen) atoms. The van der Waals surface area contributed by atoms with Gasteiger partial charge in [-0.05, 0) is 37.5 Å². The van der Waals surface area contributed by atoms with Crippen LogP contribution in [0, 0.1) is 0 Å². The summed E-state index contributed by atoms with van der Waals surface area (Å²) in [5.74, 6) is 0.191. The summed E-state index contributed by atoms with van der Waals surface area (Å²) in [6, 6.07) is 6.50. The van der Waals surface area contributed by atoms with Gasteiger partial charge in [0.05, 0.1) is 6.54 Å². The molecule has 1 aromatic rings. The number of rotatable bonds is 4. The highest BCUT2D eigenvalue weighted by atomic mass is 19.1. The zero-order valence-corrected chi connectivity index (χ0v) is 14.0. The summed E-state index contributed by atoms with van der Waals surface area (Å²) in [5, 5.41) is 2.73. The van der Waals surface area contributed by atoms with Crippen molar-refractivity contribution >= 4 is 17.6 Å². The van der Waals surface area contributed by atoms with Gasteiger partial charge in [-0.1, -0.05) is 6.07 Å². The SMILES string of the molecule is O=C(COc1cccc(NC(=O)N2CCC=C(F)C2)c1)N1CCCC1. The number of hydrogen-bond donors (Lipinski definition) is 1. The summed E-state index contributed by atoms with van der Waals surface area (Å²) < 4.78 is 18.8. The maximum Gasteiger partial charge on any atom is 0.322 e. The van der Waals surface area contributed by atoms with Crippen LogP contribution in [0.3, 0.4) is 0 Å². The molecule has 0 bridgehead atoms. The standard InChI is InChI=1S/C18H22FN3O3/c19-14-5-4-10-22(12-14)18(24)20-15-6-3-7-16(11-15)25-13-17(23)21-8-1-2-9-21/h3,5-7,11H,1-2,4,8-10,12-13H2,(H,20,24). The van der Waals surface area contributed by atoms with Gasteiger partial charge in [-0.2, -0.15) is 0 Å². The third-order valence-electron chi connectivity index (χ3n) is 4.30. The van der Waals surface area contributed by atoms with Crippen molar-refractivity contribution in [1.29, 1.82) is 0 Å². The Balaban J connectivity index is 1.53. The number of urea groups is 1. The normalized spacial score (nSPS) is 17.2. The summed E-state index contributed by atoms with van der Waals surface area (Å²) in [6.07, 6.45) is 4.09. The average molecular weight is 347 g/mol. The first-order valence-electron chi connectivity index (χ1n) is 8.53. The fourth-order valence-electron chi connectivity index (χ4n) is 2.95. The fraction of sp³-hybridized carbons (Fsp3) is 0.444. The van der Waals surface area contributed by atoms with Crippen LogP contribution < -0.4 is 10.1 Å². The van der Waals surface area contributed by atoms with Crippen LogP contribution in [0.25, 0.3) is 0 Å². The zero-order valence-electron chi connectivity index (χ0n) is 14.0.